The SMILES string of the molecule is Cc1cc2c(O)c(c1)Cc1cc(C)cc(c1O)Cc1cc(C)cc(c1O)C2. The Balaban J connectivity index is 2.05. The van der Waals surface area contributed by atoms with E-state index in [9.17, 15) is 15.3 Å². The maximum absolute atomic E-state index is 10.9. The molecule has 1 aliphatic rings. The quantitative estimate of drug-likeness (QED) is 0.421. The maximum atomic E-state index is 10.9. The van der Waals surface area contributed by atoms with Crippen LogP contribution in [0.3, 0.4) is 0 Å². The molecule has 0 heterocycles. The number of benzene rings is 3. The van der Waals surface area contributed by atoms with E-state index < -0.39 is 0 Å². The lowest BCUT2D eigenvalue weighted by atomic mass is 9.89. The zero-order valence-corrected chi connectivity index (χ0v) is 15.9. The summed E-state index contributed by atoms with van der Waals surface area (Å²) < 4.78 is 0. The largest absolute Gasteiger partial charge is 0.507 e. The second kappa shape index (κ2) is 6.34. The van der Waals surface area contributed by atoms with Crippen molar-refractivity contribution in [3.8, 4) is 17.2 Å². The van der Waals surface area contributed by atoms with Crippen molar-refractivity contribution in [3.05, 3.63) is 86.5 Å². The molecule has 4 rings (SSSR count). The molecule has 27 heavy (non-hydrogen) atoms. The lowest BCUT2D eigenvalue weighted by Crippen LogP contribution is -2.02. The molecule has 0 aromatic heterocycles. The molecule has 3 N–H and O–H groups in total. The number of hydrogen-bond acceptors (Lipinski definition) is 3. The molecule has 3 nitrogen and oxygen atoms in total. The van der Waals surface area contributed by atoms with E-state index in [4.69, 9.17) is 0 Å². The predicted octanol–water partition coefficient (Wildman–Crippen LogP) is 4.81. The van der Waals surface area contributed by atoms with Crippen LogP contribution in [0.25, 0.3) is 0 Å². The Morgan fingerprint density at radius 2 is 0.630 bits per heavy atom. The van der Waals surface area contributed by atoms with Crippen LogP contribution in [0.2, 0.25) is 0 Å². The molecule has 0 aliphatic heterocycles. The Hall–Kier alpha value is -2.94. The van der Waals surface area contributed by atoms with Crippen LogP contribution in [0.5, 0.6) is 17.2 Å². The molecule has 138 valence electrons. The van der Waals surface area contributed by atoms with Crippen molar-refractivity contribution in [2.75, 3.05) is 0 Å². The van der Waals surface area contributed by atoms with E-state index in [1.807, 2.05) is 57.2 Å². The van der Waals surface area contributed by atoms with E-state index in [1.54, 1.807) is 0 Å². The Kier molecular flexibility index (Phi) is 4.11. The molecule has 0 radical (unpaired) electrons. The predicted molar refractivity (Wildman–Crippen MR) is 107 cm³/mol. The molecule has 0 saturated heterocycles. The third-order valence-corrected chi connectivity index (χ3v) is 5.38. The monoisotopic (exact) mass is 360 g/mol. The highest BCUT2D eigenvalue weighted by Crippen LogP contribution is 2.38. The molecular formula is C24H24O3. The number of fused-ring (bicyclic) bond motifs is 6. The van der Waals surface area contributed by atoms with Gasteiger partial charge in [-0.25, -0.2) is 0 Å². The molecule has 0 spiro atoms. The minimum atomic E-state index is 0.242. The van der Waals surface area contributed by atoms with Crippen molar-refractivity contribution in [2.24, 2.45) is 0 Å². The van der Waals surface area contributed by atoms with Gasteiger partial charge in [0, 0.05) is 19.3 Å². The van der Waals surface area contributed by atoms with Crippen LogP contribution in [-0.4, -0.2) is 15.3 Å². The lowest BCUT2D eigenvalue weighted by molar-refractivity contribution is 0.450. The van der Waals surface area contributed by atoms with Gasteiger partial charge in [0.1, 0.15) is 17.2 Å². The summed E-state index contributed by atoms with van der Waals surface area (Å²) >= 11 is 0. The van der Waals surface area contributed by atoms with Gasteiger partial charge in [0.2, 0.25) is 0 Å². The van der Waals surface area contributed by atoms with Gasteiger partial charge < -0.3 is 15.3 Å². The van der Waals surface area contributed by atoms with Crippen molar-refractivity contribution < 1.29 is 15.3 Å². The Labute approximate surface area is 159 Å². The molecular weight excluding hydrogens is 336 g/mol. The Morgan fingerprint density at radius 3 is 0.815 bits per heavy atom. The summed E-state index contributed by atoms with van der Waals surface area (Å²) in [6, 6.07) is 11.8. The summed E-state index contributed by atoms with van der Waals surface area (Å²) in [5, 5.41) is 32.6. The lowest BCUT2D eigenvalue weighted by Gasteiger charge is -2.19. The van der Waals surface area contributed by atoms with E-state index in [0.717, 1.165) is 50.1 Å². The van der Waals surface area contributed by atoms with Crippen LogP contribution in [0.4, 0.5) is 0 Å². The number of phenolic OH excluding ortho intramolecular Hbond substituents is 3. The van der Waals surface area contributed by atoms with E-state index in [1.165, 1.54) is 0 Å². The molecule has 0 fully saturated rings. The molecule has 0 saturated carbocycles. The third-order valence-electron chi connectivity index (χ3n) is 5.38. The zero-order chi connectivity index (χ0) is 19.3. The first kappa shape index (κ1) is 17.5. The van der Waals surface area contributed by atoms with Gasteiger partial charge in [-0.15, -0.1) is 0 Å². The van der Waals surface area contributed by atoms with Crippen LogP contribution in [0, 0.1) is 20.8 Å². The summed E-state index contributed by atoms with van der Waals surface area (Å²) in [4.78, 5) is 0. The number of rotatable bonds is 0. The topological polar surface area (TPSA) is 60.7 Å². The van der Waals surface area contributed by atoms with Crippen molar-refractivity contribution in [3.63, 3.8) is 0 Å². The summed E-state index contributed by atoms with van der Waals surface area (Å²) in [5.74, 6) is 0.725. The summed E-state index contributed by atoms with van der Waals surface area (Å²) in [7, 11) is 0. The van der Waals surface area contributed by atoms with Gasteiger partial charge in [-0.2, -0.15) is 0 Å². The molecule has 1 aliphatic carbocycles. The van der Waals surface area contributed by atoms with Crippen molar-refractivity contribution >= 4 is 0 Å². The number of aromatic hydroxyl groups is 3. The van der Waals surface area contributed by atoms with Crippen LogP contribution < -0.4 is 0 Å². The standard InChI is InChI=1S/C24H24O3/c1-13-4-16-10-18-6-14(2)8-20(23(18)26)12-21-9-15(3)7-19(24(21)27)11-17(5-13)22(16)25/h4-9,25-27H,10-12H2,1-3H3. The van der Waals surface area contributed by atoms with Gasteiger partial charge in [0.05, 0.1) is 0 Å². The first-order valence-corrected chi connectivity index (χ1v) is 9.26. The molecule has 0 unspecified atom stereocenters. The Morgan fingerprint density at radius 1 is 0.444 bits per heavy atom. The van der Waals surface area contributed by atoms with E-state index in [-0.39, 0.29) is 17.2 Å². The molecule has 0 atom stereocenters. The summed E-state index contributed by atoms with van der Waals surface area (Å²) in [6.07, 6.45) is 1.42. The smallest absolute Gasteiger partial charge is 0.122 e. The van der Waals surface area contributed by atoms with Crippen molar-refractivity contribution in [2.45, 2.75) is 40.0 Å². The fraction of sp³-hybridized carbons (Fsp3) is 0.250. The van der Waals surface area contributed by atoms with Gasteiger partial charge in [-0.05, 0) is 54.2 Å². The van der Waals surface area contributed by atoms with Gasteiger partial charge in [-0.1, -0.05) is 53.1 Å². The molecule has 3 aromatic rings. The summed E-state index contributed by atoms with van der Waals surface area (Å²) in [6.45, 7) is 6.00. The van der Waals surface area contributed by atoms with Gasteiger partial charge >= 0.3 is 0 Å². The van der Waals surface area contributed by atoms with Crippen LogP contribution >= 0.6 is 0 Å². The van der Waals surface area contributed by atoms with Crippen molar-refractivity contribution in [1.29, 1.82) is 0 Å². The average molecular weight is 360 g/mol. The van der Waals surface area contributed by atoms with Gasteiger partial charge in [-0.3, -0.25) is 0 Å². The highest BCUT2D eigenvalue weighted by molar-refractivity contribution is 5.56. The zero-order valence-electron chi connectivity index (χ0n) is 15.9. The highest BCUT2D eigenvalue weighted by Gasteiger charge is 2.19. The highest BCUT2D eigenvalue weighted by atomic mass is 16.3. The van der Waals surface area contributed by atoms with Crippen LogP contribution in [0.1, 0.15) is 50.1 Å². The normalized spacial score (nSPS) is 13.0. The minimum absolute atomic E-state index is 0.242. The molecule has 0 amide bonds. The van der Waals surface area contributed by atoms with Crippen LogP contribution in [0.15, 0.2) is 36.4 Å². The third kappa shape index (κ3) is 3.14. The molecule has 3 heteroatoms. The number of aryl methyl sites for hydroxylation is 3. The van der Waals surface area contributed by atoms with Crippen LogP contribution in [-0.2, 0) is 19.3 Å². The van der Waals surface area contributed by atoms with Gasteiger partial charge in [0.15, 0.2) is 0 Å². The fourth-order valence-corrected chi connectivity index (χ4v) is 4.23. The van der Waals surface area contributed by atoms with E-state index >= 15 is 0 Å². The second-order valence-electron chi connectivity index (χ2n) is 7.83. The number of hydrogen-bond donors (Lipinski definition) is 3. The summed E-state index contributed by atoms with van der Waals surface area (Å²) in [5.41, 5.74) is 7.93. The maximum Gasteiger partial charge on any atom is 0.122 e. The average Bonchev–Trinajstić information content (AvgIpc) is 2.59. The van der Waals surface area contributed by atoms with E-state index in [0.29, 0.717) is 19.3 Å². The minimum Gasteiger partial charge on any atom is -0.507 e. The first-order chi connectivity index (χ1) is 12.8. The molecule has 6 bridgehead atoms. The fourth-order valence-electron chi connectivity index (χ4n) is 4.23. The Bertz CT molecular complexity index is 857. The number of phenols is 3. The molecule has 3 aromatic carbocycles. The second-order valence-corrected chi connectivity index (χ2v) is 7.83. The van der Waals surface area contributed by atoms with E-state index in [2.05, 4.69) is 0 Å². The van der Waals surface area contributed by atoms with Crippen molar-refractivity contribution in [1.82, 2.24) is 0 Å². The van der Waals surface area contributed by atoms with Gasteiger partial charge in [0.25, 0.3) is 0 Å². The first-order valence-electron chi connectivity index (χ1n) is 9.26.